The fourth-order valence-corrected chi connectivity index (χ4v) is 2.44. The van der Waals surface area contributed by atoms with Gasteiger partial charge in [-0.25, -0.2) is 14.0 Å². The fraction of sp³-hybridized carbons (Fsp3) is 0.0588. The lowest BCUT2D eigenvalue weighted by Crippen LogP contribution is -2.09. The van der Waals surface area contributed by atoms with E-state index in [9.17, 15) is 19.1 Å². The number of benzene rings is 2. The molecule has 2 aromatic carbocycles. The van der Waals surface area contributed by atoms with Crippen molar-refractivity contribution in [2.24, 2.45) is 0 Å². The first kappa shape index (κ1) is 14.0. The predicted molar refractivity (Wildman–Crippen MR) is 79.6 cm³/mol. The number of rotatable bonds is 2. The fourth-order valence-electron chi connectivity index (χ4n) is 2.44. The van der Waals surface area contributed by atoms with Crippen molar-refractivity contribution in [1.29, 1.82) is 0 Å². The van der Waals surface area contributed by atoms with Gasteiger partial charge in [0.05, 0.1) is 5.39 Å². The molecule has 0 aliphatic heterocycles. The number of carbonyl (C=O) groups is 1. The third-order valence-corrected chi connectivity index (χ3v) is 3.48. The quantitative estimate of drug-likeness (QED) is 0.785. The van der Waals surface area contributed by atoms with E-state index < -0.39 is 17.4 Å². The minimum absolute atomic E-state index is 0.269. The van der Waals surface area contributed by atoms with E-state index in [0.717, 1.165) is 0 Å². The van der Waals surface area contributed by atoms with Crippen LogP contribution in [0.1, 0.15) is 16.1 Å². The van der Waals surface area contributed by atoms with Crippen molar-refractivity contribution in [2.45, 2.75) is 6.92 Å². The zero-order valence-corrected chi connectivity index (χ0v) is 11.6. The number of carboxylic acid groups (broad SMARTS) is 1. The van der Waals surface area contributed by atoms with Crippen LogP contribution in [0, 0.1) is 12.7 Å². The predicted octanol–water partition coefficient (Wildman–Crippen LogP) is 3.61. The summed E-state index contributed by atoms with van der Waals surface area (Å²) in [7, 11) is 0. The molecule has 0 unspecified atom stereocenters. The Kier molecular flexibility index (Phi) is 3.25. The largest absolute Gasteiger partial charge is 0.475 e. The first-order chi connectivity index (χ1) is 10.5. The van der Waals surface area contributed by atoms with Crippen LogP contribution in [-0.2, 0) is 0 Å². The van der Waals surface area contributed by atoms with Crippen LogP contribution < -0.4 is 5.63 Å². The van der Waals surface area contributed by atoms with Crippen LogP contribution in [0.3, 0.4) is 0 Å². The van der Waals surface area contributed by atoms with Gasteiger partial charge in [0.2, 0.25) is 5.76 Å². The molecule has 0 saturated heterocycles. The summed E-state index contributed by atoms with van der Waals surface area (Å²) in [6.07, 6.45) is 0. The Morgan fingerprint density at radius 1 is 1.14 bits per heavy atom. The summed E-state index contributed by atoms with van der Waals surface area (Å²) in [5.74, 6) is -2.18. The number of aromatic carboxylic acids is 1. The summed E-state index contributed by atoms with van der Waals surface area (Å²) in [5.41, 5.74) is 0.418. The van der Waals surface area contributed by atoms with Gasteiger partial charge in [-0.2, -0.15) is 0 Å². The van der Waals surface area contributed by atoms with Crippen molar-refractivity contribution in [2.75, 3.05) is 0 Å². The van der Waals surface area contributed by atoms with Crippen molar-refractivity contribution in [3.05, 3.63) is 70.0 Å². The Hall–Kier alpha value is -2.95. The second-order valence-electron chi connectivity index (χ2n) is 4.91. The lowest BCUT2D eigenvalue weighted by Gasteiger charge is -2.10. The summed E-state index contributed by atoms with van der Waals surface area (Å²) in [4.78, 5) is 23.4. The van der Waals surface area contributed by atoms with Crippen molar-refractivity contribution in [3.8, 4) is 11.1 Å². The highest BCUT2D eigenvalue weighted by molar-refractivity contribution is 6.04. The third-order valence-electron chi connectivity index (χ3n) is 3.48. The molecule has 0 saturated carbocycles. The maximum Gasteiger partial charge on any atom is 0.372 e. The highest BCUT2D eigenvalue weighted by Crippen LogP contribution is 2.31. The monoisotopic (exact) mass is 298 g/mol. The van der Waals surface area contributed by atoms with Crippen LogP contribution in [0.2, 0.25) is 0 Å². The Morgan fingerprint density at radius 2 is 1.82 bits per heavy atom. The maximum atomic E-state index is 13.5. The van der Waals surface area contributed by atoms with E-state index in [1.165, 1.54) is 18.2 Å². The Labute approximate surface area is 124 Å². The summed E-state index contributed by atoms with van der Waals surface area (Å²) in [6, 6.07) is 10.8. The molecule has 0 radical (unpaired) electrons. The number of hydrogen-bond donors (Lipinski definition) is 1. The van der Waals surface area contributed by atoms with E-state index in [0.29, 0.717) is 16.5 Å². The molecule has 0 aliphatic carbocycles. The van der Waals surface area contributed by atoms with Gasteiger partial charge >= 0.3 is 11.6 Å². The third kappa shape index (κ3) is 2.16. The van der Waals surface area contributed by atoms with Crippen molar-refractivity contribution in [1.82, 2.24) is 0 Å². The Balaban J connectivity index is 2.47. The van der Waals surface area contributed by atoms with Crippen LogP contribution in [-0.4, -0.2) is 11.1 Å². The van der Waals surface area contributed by atoms with Gasteiger partial charge in [-0.3, -0.25) is 0 Å². The van der Waals surface area contributed by atoms with Gasteiger partial charge in [0, 0.05) is 10.9 Å². The summed E-state index contributed by atoms with van der Waals surface area (Å²) in [5, 5.41) is 10.1. The molecule has 0 aliphatic rings. The van der Waals surface area contributed by atoms with Crippen molar-refractivity contribution < 1.29 is 18.7 Å². The topological polar surface area (TPSA) is 67.5 Å². The van der Waals surface area contributed by atoms with Gasteiger partial charge in [-0.15, -0.1) is 0 Å². The number of aryl methyl sites for hydroxylation is 1. The minimum Gasteiger partial charge on any atom is -0.475 e. The standard InChI is InChI=1S/C17H11FO4/c1-9-8-10(6-7-13(9)18)14-11-4-2-3-5-12(11)17(21)22-15(14)16(19)20/h2-8H,1H3,(H,19,20). The van der Waals surface area contributed by atoms with Crippen LogP contribution in [0.25, 0.3) is 21.9 Å². The molecule has 0 atom stereocenters. The first-order valence-electron chi connectivity index (χ1n) is 6.54. The summed E-state index contributed by atoms with van der Waals surface area (Å²) >= 11 is 0. The minimum atomic E-state index is -1.35. The molecule has 0 bridgehead atoms. The van der Waals surface area contributed by atoms with E-state index in [4.69, 9.17) is 4.42 Å². The first-order valence-corrected chi connectivity index (χ1v) is 6.54. The smallest absolute Gasteiger partial charge is 0.372 e. The summed E-state index contributed by atoms with van der Waals surface area (Å²) in [6.45, 7) is 1.58. The average Bonchev–Trinajstić information content (AvgIpc) is 2.50. The van der Waals surface area contributed by atoms with Crippen LogP contribution in [0.5, 0.6) is 0 Å². The van der Waals surface area contributed by atoms with E-state index in [-0.39, 0.29) is 16.8 Å². The second kappa shape index (κ2) is 5.11. The molecule has 0 spiro atoms. The summed E-state index contributed by atoms with van der Waals surface area (Å²) < 4.78 is 18.4. The molecule has 5 heteroatoms. The van der Waals surface area contributed by atoms with Gasteiger partial charge < -0.3 is 9.52 Å². The molecule has 22 heavy (non-hydrogen) atoms. The molecule has 1 aromatic heterocycles. The zero-order valence-electron chi connectivity index (χ0n) is 11.6. The second-order valence-corrected chi connectivity index (χ2v) is 4.91. The molecular formula is C17H11FO4. The molecule has 1 N–H and O–H groups in total. The van der Waals surface area contributed by atoms with Gasteiger partial charge in [-0.1, -0.05) is 24.3 Å². The molecule has 3 aromatic rings. The zero-order chi connectivity index (χ0) is 15.9. The Morgan fingerprint density at radius 3 is 2.45 bits per heavy atom. The van der Waals surface area contributed by atoms with Crippen LogP contribution in [0.15, 0.2) is 51.7 Å². The SMILES string of the molecule is Cc1cc(-c2c(C(=O)O)oc(=O)c3ccccc23)ccc1F. The van der Waals surface area contributed by atoms with Gasteiger partial charge in [0.1, 0.15) is 5.82 Å². The van der Waals surface area contributed by atoms with Gasteiger partial charge in [0.25, 0.3) is 0 Å². The lowest BCUT2D eigenvalue weighted by atomic mass is 9.97. The highest BCUT2D eigenvalue weighted by atomic mass is 19.1. The van der Waals surface area contributed by atoms with Crippen LogP contribution >= 0.6 is 0 Å². The maximum absolute atomic E-state index is 13.5. The van der Waals surface area contributed by atoms with Gasteiger partial charge in [0.15, 0.2) is 0 Å². The Bertz CT molecular complexity index is 957. The number of hydrogen-bond acceptors (Lipinski definition) is 3. The molecule has 1 heterocycles. The highest BCUT2D eigenvalue weighted by Gasteiger charge is 2.20. The molecule has 0 fully saturated rings. The van der Waals surface area contributed by atoms with E-state index in [1.807, 2.05) is 0 Å². The van der Waals surface area contributed by atoms with Crippen molar-refractivity contribution in [3.63, 3.8) is 0 Å². The van der Waals surface area contributed by atoms with E-state index >= 15 is 0 Å². The van der Waals surface area contributed by atoms with Crippen LogP contribution in [0.4, 0.5) is 4.39 Å². The lowest BCUT2D eigenvalue weighted by molar-refractivity contribution is 0.0659. The normalized spacial score (nSPS) is 10.8. The van der Waals surface area contributed by atoms with E-state index in [1.54, 1.807) is 31.2 Å². The molecular weight excluding hydrogens is 287 g/mol. The molecule has 3 rings (SSSR count). The van der Waals surface area contributed by atoms with Gasteiger partial charge in [-0.05, 0) is 36.2 Å². The molecule has 0 amide bonds. The molecule has 110 valence electrons. The average molecular weight is 298 g/mol. The number of halogens is 1. The van der Waals surface area contributed by atoms with E-state index in [2.05, 4.69) is 0 Å². The number of carboxylic acids is 1. The van der Waals surface area contributed by atoms with Crippen molar-refractivity contribution >= 4 is 16.7 Å². The molecule has 4 nitrogen and oxygen atoms in total. The number of fused-ring (bicyclic) bond motifs is 1.